The van der Waals surface area contributed by atoms with Gasteiger partial charge in [0.1, 0.15) is 0 Å². The van der Waals surface area contributed by atoms with Gasteiger partial charge in [-0.2, -0.15) is 0 Å². The van der Waals surface area contributed by atoms with Crippen molar-refractivity contribution in [2.75, 3.05) is 13.6 Å². The van der Waals surface area contributed by atoms with Gasteiger partial charge in [0.05, 0.1) is 20.7 Å². The number of nitrogens with zero attached hydrogens (tertiary/aromatic N) is 1. The van der Waals surface area contributed by atoms with E-state index in [9.17, 15) is 0 Å². The van der Waals surface area contributed by atoms with Crippen LogP contribution in [0.1, 0.15) is 5.01 Å². The van der Waals surface area contributed by atoms with Crippen molar-refractivity contribution in [1.82, 2.24) is 10.3 Å². The molecule has 0 spiro atoms. The van der Waals surface area contributed by atoms with E-state index >= 15 is 0 Å². The first-order valence-electron chi connectivity index (χ1n) is 5.25. The van der Waals surface area contributed by atoms with Crippen LogP contribution in [0.4, 0.5) is 0 Å². The highest BCUT2D eigenvalue weighted by molar-refractivity contribution is 7.09. The lowest BCUT2D eigenvalue weighted by Crippen LogP contribution is -2.09. The Morgan fingerprint density at radius 3 is 2.82 bits per heavy atom. The van der Waals surface area contributed by atoms with Gasteiger partial charge in [-0.05, 0) is 19.2 Å². The fourth-order valence-electron chi connectivity index (χ4n) is 1.45. The Labute approximate surface area is 115 Å². The van der Waals surface area contributed by atoms with E-state index in [1.807, 2.05) is 24.6 Å². The van der Waals surface area contributed by atoms with Crippen LogP contribution in [0.25, 0.3) is 11.3 Å². The molecule has 0 aliphatic carbocycles. The number of nitrogens with one attached hydrogen (secondary N) is 1. The first-order valence-corrected chi connectivity index (χ1v) is 6.88. The highest BCUT2D eigenvalue weighted by Gasteiger charge is 2.06. The normalized spacial score (nSPS) is 10.8. The van der Waals surface area contributed by atoms with Gasteiger partial charge in [-0.25, -0.2) is 4.98 Å². The Kier molecular flexibility index (Phi) is 4.40. The second-order valence-corrected chi connectivity index (χ2v) is 5.37. The number of thiazole rings is 1. The number of likely N-dealkylation sites (N-methyl/N-ethyl adjacent to an activating group) is 1. The maximum Gasteiger partial charge on any atom is 0.0945 e. The average molecular weight is 287 g/mol. The summed E-state index contributed by atoms with van der Waals surface area (Å²) in [4.78, 5) is 4.57. The quantitative estimate of drug-likeness (QED) is 0.923. The summed E-state index contributed by atoms with van der Waals surface area (Å²) in [6.45, 7) is 0.939. The number of hydrogen-bond acceptors (Lipinski definition) is 3. The van der Waals surface area contributed by atoms with Crippen LogP contribution in [0.3, 0.4) is 0 Å². The summed E-state index contributed by atoms with van der Waals surface area (Å²) >= 11 is 13.5. The molecule has 0 radical (unpaired) electrons. The zero-order valence-electron chi connectivity index (χ0n) is 9.34. The third-order valence-corrected chi connectivity index (χ3v) is 4.00. The van der Waals surface area contributed by atoms with Gasteiger partial charge in [-0.1, -0.05) is 29.3 Å². The Morgan fingerprint density at radius 2 is 2.12 bits per heavy atom. The van der Waals surface area contributed by atoms with Crippen molar-refractivity contribution < 1.29 is 0 Å². The molecule has 0 atom stereocenters. The largest absolute Gasteiger partial charge is 0.319 e. The minimum atomic E-state index is 0.564. The van der Waals surface area contributed by atoms with Crippen molar-refractivity contribution in [2.45, 2.75) is 6.42 Å². The molecule has 0 bridgehead atoms. The first-order chi connectivity index (χ1) is 8.20. The van der Waals surface area contributed by atoms with Crippen LogP contribution < -0.4 is 5.32 Å². The molecule has 0 aliphatic heterocycles. The molecular formula is C12H12Cl2N2S. The molecule has 0 amide bonds. The van der Waals surface area contributed by atoms with Gasteiger partial charge < -0.3 is 5.32 Å². The van der Waals surface area contributed by atoms with Gasteiger partial charge in [0.25, 0.3) is 0 Å². The molecule has 2 nitrogen and oxygen atoms in total. The van der Waals surface area contributed by atoms with Gasteiger partial charge >= 0.3 is 0 Å². The fraction of sp³-hybridized carbons (Fsp3) is 0.250. The van der Waals surface area contributed by atoms with Crippen molar-refractivity contribution in [1.29, 1.82) is 0 Å². The lowest BCUT2D eigenvalue weighted by atomic mass is 10.2. The van der Waals surface area contributed by atoms with E-state index in [2.05, 4.69) is 10.3 Å². The summed E-state index contributed by atoms with van der Waals surface area (Å²) in [6, 6.07) is 5.58. The summed E-state index contributed by atoms with van der Waals surface area (Å²) in [6.07, 6.45) is 0.947. The minimum Gasteiger partial charge on any atom is -0.319 e. The molecule has 1 aromatic heterocycles. The molecule has 0 saturated carbocycles. The van der Waals surface area contributed by atoms with Crippen LogP contribution in [0, 0.1) is 0 Å². The van der Waals surface area contributed by atoms with E-state index < -0.39 is 0 Å². The lowest BCUT2D eigenvalue weighted by molar-refractivity contribution is 0.788. The second-order valence-electron chi connectivity index (χ2n) is 3.61. The van der Waals surface area contributed by atoms with Gasteiger partial charge in [-0.3, -0.25) is 0 Å². The van der Waals surface area contributed by atoms with Crippen LogP contribution in [0.2, 0.25) is 10.0 Å². The summed E-state index contributed by atoms with van der Waals surface area (Å²) in [5.74, 6) is 0. The zero-order chi connectivity index (χ0) is 12.3. The van der Waals surface area contributed by atoms with Crippen molar-refractivity contribution in [2.24, 2.45) is 0 Å². The van der Waals surface area contributed by atoms with Gasteiger partial charge in [0.2, 0.25) is 0 Å². The molecule has 1 N–H and O–H groups in total. The van der Waals surface area contributed by atoms with E-state index in [0.29, 0.717) is 10.0 Å². The summed E-state index contributed by atoms with van der Waals surface area (Å²) in [5.41, 5.74) is 1.96. The molecule has 90 valence electrons. The number of aromatic nitrogens is 1. The third kappa shape index (κ3) is 3.19. The summed E-state index contributed by atoms with van der Waals surface area (Å²) in [7, 11) is 1.94. The maximum atomic E-state index is 5.99. The predicted octanol–water partition coefficient (Wildman–Crippen LogP) is 3.88. The van der Waals surface area contributed by atoms with Crippen molar-refractivity contribution in [3.63, 3.8) is 0 Å². The minimum absolute atomic E-state index is 0.564. The molecule has 1 aromatic carbocycles. The molecule has 0 saturated heterocycles. The van der Waals surface area contributed by atoms with Crippen LogP contribution in [-0.4, -0.2) is 18.6 Å². The highest BCUT2D eigenvalue weighted by Crippen LogP contribution is 2.29. The number of benzene rings is 1. The monoisotopic (exact) mass is 286 g/mol. The van der Waals surface area contributed by atoms with Crippen molar-refractivity contribution in [3.8, 4) is 11.3 Å². The number of rotatable bonds is 4. The Balaban J connectivity index is 2.21. The standard InChI is InChI=1S/C12H12Cl2N2S/c1-15-5-4-12-16-11(7-17-12)8-2-3-9(13)10(14)6-8/h2-3,6-7,15H,4-5H2,1H3. The van der Waals surface area contributed by atoms with E-state index in [-0.39, 0.29) is 0 Å². The van der Waals surface area contributed by atoms with Crippen LogP contribution in [0.5, 0.6) is 0 Å². The van der Waals surface area contributed by atoms with Crippen LogP contribution >= 0.6 is 34.5 Å². The summed E-state index contributed by atoms with van der Waals surface area (Å²) < 4.78 is 0. The van der Waals surface area contributed by atoms with Crippen LogP contribution in [0.15, 0.2) is 23.6 Å². The van der Waals surface area contributed by atoms with Gasteiger partial charge in [0.15, 0.2) is 0 Å². The SMILES string of the molecule is CNCCc1nc(-c2ccc(Cl)c(Cl)c2)cs1. The molecule has 0 aliphatic rings. The van der Waals surface area contributed by atoms with E-state index in [1.165, 1.54) is 0 Å². The maximum absolute atomic E-state index is 5.99. The highest BCUT2D eigenvalue weighted by atomic mass is 35.5. The molecule has 1 heterocycles. The topological polar surface area (TPSA) is 24.9 Å². The van der Waals surface area contributed by atoms with E-state index in [1.54, 1.807) is 17.4 Å². The molecule has 5 heteroatoms. The predicted molar refractivity (Wildman–Crippen MR) is 75.2 cm³/mol. The Morgan fingerprint density at radius 1 is 1.29 bits per heavy atom. The molecule has 17 heavy (non-hydrogen) atoms. The molecule has 0 fully saturated rings. The first kappa shape index (κ1) is 12.8. The van der Waals surface area contributed by atoms with Gasteiger partial charge in [-0.15, -0.1) is 11.3 Å². The third-order valence-electron chi connectivity index (χ3n) is 2.36. The number of hydrogen-bond donors (Lipinski definition) is 1. The van der Waals surface area contributed by atoms with Crippen molar-refractivity contribution >= 4 is 34.5 Å². The van der Waals surface area contributed by atoms with E-state index in [0.717, 1.165) is 29.2 Å². The zero-order valence-corrected chi connectivity index (χ0v) is 11.7. The summed E-state index contributed by atoms with van der Waals surface area (Å²) in [5, 5.41) is 7.42. The smallest absolute Gasteiger partial charge is 0.0945 e. The lowest BCUT2D eigenvalue weighted by Gasteiger charge is -1.99. The molecular weight excluding hydrogens is 275 g/mol. The number of halogens is 2. The molecule has 0 unspecified atom stereocenters. The molecule has 2 rings (SSSR count). The fourth-order valence-corrected chi connectivity index (χ4v) is 2.55. The van der Waals surface area contributed by atoms with Gasteiger partial charge in [0, 0.05) is 23.9 Å². The van der Waals surface area contributed by atoms with Crippen molar-refractivity contribution in [3.05, 3.63) is 38.6 Å². The molecule has 2 aromatic rings. The average Bonchev–Trinajstić information content (AvgIpc) is 2.79. The van der Waals surface area contributed by atoms with Crippen LogP contribution in [-0.2, 0) is 6.42 Å². The Hall–Kier alpha value is -0.610. The second kappa shape index (κ2) is 5.83. The van der Waals surface area contributed by atoms with E-state index in [4.69, 9.17) is 23.2 Å². The Bertz CT molecular complexity index is 511.